The number of phenols is 1. The Labute approximate surface area is 132 Å². The van der Waals surface area contributed by atoms with Gasteiger partial charge in [-0.05, 0) is 25.5 Å². The van der Waals surface area contributed by atoms with Crippen molar-refractivity contribution in [1.29, 1.82) is 0 Å². The molecule has 3 N–H and O–H groups in total. The monoisotopic (exact) mass is 316 g/mol. The molecule has 0 aliphatic rings. The summed E-state index contributed by atoms with van der Waals surface area (Å²) in [5, 5.41) is 24.5. The maximum absolute atomic E-state index is 12.1. The lowest BCUT2D eigenvalue weighted by atomic mass is 10.1. The number of hydrogen-bond acceptors (Lipinski definition) is 5. The molecule has 0 spiro atoms. The molecule has 0 saturated heterocycles. The van der Waals surface area contributed by atoms with E-state index in [1.165, 1.54) is 18.2 Å². The molecule has 0 radical (unpaired) electrons. The molecule has 120 valence electrons. The minimum absolute atomic E-state index is 0.0451. The van der Waals surface area contributed by atoms with Gasteiger partial charge in [-0.25, -0.2) is 4.79 Å². The number of aliphatic carboxylic acids is 1. The van der Waals surface area contributed by atoms with Crippen LogP contribution in [0.1, 0.15) is 23.8 Å². The van der Waals surface area contributed by atoms with Gasteiger partial charge >= 0.3 is 5.97 Å². The van der Waals surface area contributed by atoms with Crippen LogP contribution in [0, 0.1) is 0 Å². The quantitative estimate of drug-likeness (QED) is 0.704. The lowest BCUT2D eigenvalue weighted by molar-refractivity contribution is -0.139. The largest absolute Gasteiger partial charge is 0.508 e. The number of hydrogen-bond donors (Lipinski definition) is 3. The van der Waals surface area contributed by atoms with Gasteiger partial charge in [-0.2, -0.15) is 0 Å². The number of aromatic hydroxyl groups is 1. The summed E-state index contributed by atoms with van der Waals surface area (Å²) in [6.45, 7) is 5.32. The summed E-state index contributed by atoms with van der Waals surface area (Å²) in [6.07, 6.45) is 0.123. The van der Waals surface area contributed by atoms with Crippen molar-refractivity contribution >= 4 is 11.9 Å². The Hall–Kier alpha value is -3.09. The number of carboxylic acid groups (broad SMARTS) is 1. The van der Waals surface area contributed by atoms with Crippen LogP contribution < -0.4 is 5.32 Å². The third kappa shape index (κ3) is 4.19. The number of nitrogens with zero attached hydrogens (tertiary/aromatic N) is 1. The molecule has 0 saturated carbocycles. The predicted molar refractivity (Wildman–Crippen MR) is 81.9 cm³/mol. The minimum Gasteiger partial charge on any atom is -0.508 e. The first-order valence-electron chi connectivity index (χ1n) is 6.81. The number of carboxylic acids is 1. The van der Waals surface area contributed by atoms with Crippen LogP contribution in [0.25, 0.3) is 11.3 Å². The van der Waals surface area contributed by atoms with Gasteiger partial charge in [0.25, 0.3) is 5.91 Å². The number of aromatic nitrogens is 1. The first kappa shape index (κ1) is 16.3. The van der Waals surface area contributed by atoms with E-state index in [2.05, 4.69) is 17.1 Å². The van der Waals surface area contributed by atoms with Crippen LogP contribution in [0.4, 0.5) is 0 Å². The smallest absolute Gasteiger partial charge is 0.326 e. The van der Waals surface area contributed by atoms with E-state index in [9.17, 15) is 14.7 Å². The Morgan fingerprint density at radius 3 is 2.74 bits per heavy atom. The van der Waals surface area contributed by atoms with Gasteiger partial charge in [0.2, 0.25) is 0 Å². The van der Waals surface area contributed by atoms with Crippen LogP contribution in [0.2, 0.25) is 0 Å². The molecule has 1 atom stereocenters. The summed E-state index contributed by atoms with van der Waals surface area (Å²) < 4.78 is 5.06. The molecule has 0 bridgehead atoms. The second kappa shape index (κ2) is 6.78. The molecule has 2 rings (SSSR count). The molecule has 7 heteroatoms. The molecule has 7 nitrogen and oxygen atoms in total. The second-order valence-corrected chi connectivity index (χ2v) is 5.15. The van der Waals surface area contributed by atoms with Gasteiger partial charge < -0.3 is 20.1 Å². The zero-order chi connectivity index (χ0) is 17.0. The van der Waals surface area contributed by atoms with Crippen LogP contribution in [-0.2, 0) is 4.79 Å². The number of benzene rings is 1. The maximum Gasteiger partial charge on any atom is 0.326 e. The molecular formula is C16H16N2O5. The Balaban J connectivity index is 2.14. The molecule has 0 aliphatic heterocycles. The van der Waals surface area contributed by atoms with Gasteiger partial charge in [-0.15, -0.1) is 6.58 Å². The first-order chi connectivity index (χ1) is 10.9. The van der Waals surface area contributed by atoms with E-state index in [0.717, 1.165) is 0 Å². The van der Waals surface area contributed by atoms with E-state index in [1.54, 1.807) is 19.1 Å². The molecule has 0 aliphatic carbocycles. The fraction of sp³-hybridized carbons (Fsp3) is 0.188. The SMILES string of the molecule is C=C(C)CC(NC(=O)c1cc(-c2cccc(O)c2)on1)C(=O)O. The van der Waals surface area contributed by atoms with Crippen molar-refractivity contribution in [2.45, 2.75) is 19.4 Å². The highest BCUT2D eigenvalue weighted by Crippen LogP contribution is 2.23. The summed E-state index contributed by atoms with van der Waals surface area (Å²) in [5.41, 5.74) is 1.14. The summed E-state index contributed by atoms with van der Waals surface area (Å²) >= 11 is 0. The summed E-state index contributed by atoms with van der Waals surface area (Å²) in [4.78, 5) is 23.2. The van der Waals surface area contributed by atoms with Gasteiger partial charge in [0.05, 0.1) is 0 Å². The zero-order valence-corrected chi connectivity index (χ0v) is 12.4. The van der Waals surface area contributed by atoms with Crippen molar-refractivity contribution in [2.24, 2.45) is 0 Å². The number of carbonyl (C=O) groups excluding carboxylic acids is 1. The van der Waals surface area contributed by atoms with Gasteiger partial charge in [-0.3, -0.25) is 4.79 Å². The van der Waals surface area contributed by atoms with Crippen molar-refractivity contribution in [3.63, 3.8) is 0 Å². The lowest BCUT2D eigenvalue weighted by Gasteiger charge is -2.13. The molecule has 1 aromatic carbocycles. The molecular weight excluding hydrogens is 300 g/mol. The maximum atomic E-state index is 12.1. The average molecular weight is 316 g/mol. The Kier molecular flexibility index (Phi) is 4.80. The van der Waals surface area contributed by atoms with Gasteiger partial charge in [0.15, 0.2) is 11.5 Å². The molecule has 0 fully saturated rings. The Morgan fingerprint density at radius 2 is 2.13 bits per heavy atom. The number of nitrogens with one attached hydrogen (secondary N) is 1. The van der Waals surface area contributed by atoms with Crippen molar-refractivity contribution in [1.82, 2.24) is 10.5 Å². The Morgan fingerprint density at radius 1 is 1.39 bits per heavy atom. The van der Waals surface area contributed by atoms with Crippen LogP contribution in [0.15, 0.2) is 47.0 Å². The van der Waals surface area contributed by atoms with Crippen LogP contribution in [-0.4, -0.2) is 33.3 Å². The standard InChI is InChI=1S/C16H16N2O5/c1-9(2)6-13(16(21)22)17-15(20)12-8-14(23-18-12)10-4-3-5-11(19)7-10/h3-5,7-8,13,19H,1,6H2,2H3,(H,17,20)(H,21,22). The number of amides is 1. The summed E-state index contributed by atoms with van der Waals surface area (Å²) in [7, 11) is 0. The zero-order valence-electron chi connectivity index (χ0n) is 12.4. The van der Waals surface area contributed by atoms with Gasteiger partial charge in [-0.1, -0.05) is 22.9 Å². The molecule has 1 heterocycles. The second-order valence-electron chi connectivity index (χ2n) is 5.15. The number of carbonyl (C=O) groups is 2. The average Bonchev–Trinajstić information content (AvgIpc) is 2.95. The highest BCUT2D eigenvalue weighted by atomic mass is 16.5. The highest BCUT2D eigenvalue weighted by Gasteiger charge is 2.22. The van der Waals surface area contributed by atoms with E-state index in [-0.39, 0.29) is 23.6 Å². The molecule has 1 amide bonds. The van der Waals surface area contributed by atoms with Crippen LogP contribution >= 0.6 is 0 Å². The summed E-state index contributed by atoms with van der Waals surface area (Å²) in [5.74, 6) is -1.47. The normalized spacial score (nSPS) is 11.7. The lowest BCUT2D eigenvalue weighted by Crippen LogP contribution is -2.41. The van der Waals surface area contributed by atoms with Gasteiger partial charge in [0.1, 0.15) is 11.8 Å². The third-order valence-corrected chi connectivity index (χ3v) is 3.03. The van der Waals surface area contributed by atoms with Crippen molar-refractivity contribution in [2.75, 3.05) is 0 Å². The fourth-order valence-electron chi connectivity index (χ4n) is 1.96. The molecule has 1 unspecified atom stereocenters. The van der Waals surface area contributed by atoms with Gasteiger partial charge in [0, 0.05) is 11.6 Å². The summed E-state index contributed by atoms with van der Waals surface area (Å²) in [6, 6.07) is 6.57. The molecule has 1 aromatic heterocycles. The number of rotatable bonds is 6. The number of phenolic OH excluding ortho intramolecular Hbond substituents is 1. The van der Waals surface area contributed by atoms with Crippen molar-refractivity contribution in [3.8, 4) is 17.1 Å². The highest BCUT2D eigenvalue weighted by molar-refractivity contribution is 5.95. The topological polar surface area (TPSA) is 113 Å². The first-order valence-corrected chi connectivity index (χ1v) is 6.81. The van der Waals surface area contributed by atoms with E-state index in [4.69, 9.17) is 9.63 Å². The van der Waals surface area contributed by atoms with Crippen molar-refractivity contribution in [3.05, 3.63) is 48.2 Å². The van der Waals surface area contributed by atoms with Crippen LogP contribution in [0.3, 0.4) is 0 Å². The van der Waals surface area contributed by atoms with E-state index in [0.29, 0.717) is 11.1 Å². The molecule has 23 heavy (non-hydrogen) atoms. The Bertz CT molecular complexity index is 750. The predicted octanol–water partition coefficient (Wildman–Crippen LogP) is 2.20. The van der Waals surface area contributed by atoms with E-state index < -0.39 is 17.9 Å². The molecule has 2 aromatic rings. The minimum atomic E-state index is -1.15. The van der Waals surface area contributed by atoms with E-state index in [1.807, 2.05) is 0 Å². The van der Waals surface area contributed by atoms with Crippen LogP contribution in [0.5, 0.6) is 5.75 Å². The third-order valence-electron chi connectivity index (χ3n) is 3.03. The van der Waals surface area contributed by atoms with Crippen molar-refractivity contribution < 1.29 is 24.3 Å². The van der Waals surface area contributed by atoms with E-state index >= 15 is 0 Å². The fourth-order valence-corrected chi connectivity index (χ4v) is 1.96.